The number of sulfone groups is 1. The molecule has 0 fully saturated rings. The van der Waals surface area contributed by atoms with E-state index < -0.39 is 15.1 Å². The van der Waals surface area contributed by atoms with Crippen molar-refractivity contribution in [2.24, 2.45) is 0 Å². The highest BCUT2D eigenvalue weighted by molar-refractivity contribution is 7.92. The molecule has 5 heteroatoms. The van der Waals surface area contributed by atoms with Crippen LogP contribution in [0, 0.1) is 11.3 Å². The van der Waals surface area contributed by atoms with Gasteiger partial charge in [-0.25, -0.2) is 8.42 Å². The second-order valence-corrected chi connectivity index (χ2v) is 5.84. The van der Waals surface area contributed by atoms with Gasteiger partial charge >= 0.3 is 0 Å². The van der Waals surface area contributed by atoms with E-state index in [4.69, 9.17) is 10.00 Å². The first-order chi connectivity index (χ1) is 8.06. The maximum absolute atomic E-state index is 12.2. The van der Waals surface area contributed by atoms with Crippen LogP contribution in [0.1, 0.15) is 19.8 Å². The molecule has 17 heavy (non-hydrogen) atoms. The summed E-state index contributed by atoms with van der Waals surface area (Å²) in [7, 11) is -1.96. The Kier molecular flexibility index (Phi) is 4.53. The summed E-state index contributed by atoms with van der Waals surface area (Å²) < 4.78 is 29.4. The third kappa shape index (κ3) is 2.98. The number of methoxy groups -OCH3 is 1. The quantitative estimate of drug-likeness (QED) is 0.806. The lowest BCUT2D eigenvalue weighted by Gasteiger charge is -2.13. The number of ether oxygens (including phenoxy) is 1. The van der Waals surface area contributed by atoms with E-state index in [1.165, 1.54) is 19.2 Å². The van der Waals surface area contributed by atoms with Crippen LogP contribution in [0.3, 0.4) is 0 Å². The molecule has 1 atom stereocenters. The smallest absolute Gasteiger partial charge is 0.182 e. The monoisotopic (exact) mass is 253 g/mol. The molecule has 0 aliphatic carbocycles. The van der Waals surface area contributed by atoms with E-state index >= 15 is 0 Å². The van der Waals surface area contributed by atoms with Crippen molar-refractivity contribution >= 4 is 9.84 Å². The molecule has 0 saturated carbocycles. The van der Waals surface area contributed by atoms with Crippen LogP contribution in [-0.4, -0.2) is 20.8 Å². The lowest BCUT2D eigenvalue weighted by atomic mass is 10.3. The molecule has 0 aliphatic heterocycles. The van der Waals surface area contributed by atoms with Crippen molar-refractivity contribution < 1.29 is 13.2 Å². The number of hydrogen-bond donors (Lipinski definition) is 0. The van der Waals surface area contributed by atoms with Crippen molar-refractivity contribution in [2.75, 3.05) is 7.11 Å². The van der Waals surface area contributed by atoms with Gasteiger partial charge in [-0.05, 0) is 24.6 Å². The third-order valence-electron chi connectivity index (χ3n) is 2.58. The molecule has 0 heterocycles. The van der Waals surface area contributed by atoms with Crippen molar-refractivity contribution in [1.82, 2.24) is 0 Å². The Labute approximate surface area is 102 Å². The first kappa shape index (κ1) is 13.5. The molecule has 1 aromatic rings. The minimum Gasteiger partial charge on any atom is -0.497 e. The van der Waals surface area contributed by atoms with E-state index in [-0.39, 0.29) is 11.3 Å². The van der Waals surface area contributed by atoms with Gasteiger partial charge in [-0.3, -0.25) is 0 Å². The largest absolute Gasteiger partial charge is 0.497 e. The Bertz CT molecular complexity index is 517. The topological polar surface area (TPSA) is 67.2 Å². The summed E-state index contributed by atoms with van der Waals surface area (Å²) in [5.41, 5.74) is 0. The molecule has 0 bridgehead atoms. The third-order valence-corrected chi connectivity index (χ3v) is 4.87. The van der Waals surface area contributed by atoms with Crippen molar-refractivity contribution in [3.8, 4) is 11.8 Å². The van der Waals surface area contributed by atoms with Crippen LogP contribution in [-0.2, 0) is 9.84 Å². The molecule has 0 N–H and O–H groups in total. The van der Waals surface area contributed by atoms with Crippen molar-refractivity contribution in [1.29, 1.82) is 5.26 Å². The fourth-order valence-electron chi connectivity index (χ4n) is 1.55. The molecule has 0 spiro atoms. The zero-order chi connectivity index (χ0) is 12.9. The predicted molar refractivity (Wildman–Crippen MR) is 64.5 cm³/mol. The summed E-state index contributed by atoms with van der Waals surface area (Å²) in [4.78, 5) is 0.207. The molecule has 0 amide bonds. The van der Waals surface area contributed by atoms with Gasteiger partial charge in [-0.1, -0.05) is 13.0 Å². The summed E-state index contributed by atoms with van der Waals surface area (Å²) in [6, 6.07) is 8.23. The van der Waals surface area contributed by atoms with E-state index in [0.29, 0.717) is 12.2 Å². The SMILES string of the molecule is CCC(CC#N)S(=O)(=O)c1cccc(OC)c1. The van der Waals surface area contributed by atoms with Crippen LogP contribution in [0.25, 0.3) is 0 Å². The number of nitrogens with zero attached hydrogens (tertiary/aromatic N) is 1. The lowest BCUT2D eigenvalue weighted by molar-refractivity contribution is 0.413. The fourth-order valence-corrected chi connectivity index (χ4v) is 3.21. The number of benzene rings is 1. The zero-order valence-electron chi connectivity index (χ0n) is 9.88. The number of hydrogen-bond acceptors (Lipinski definition) is 4. The molecule has 1 unspecified atom stereocenters. The summed E-state index contributed by atoms with van der Waals surface area (Å²) in [6.07, 6.45) is 0.434. The van der Waals surface area contributed by atoms with Crippen LogP contribution in [0.15, 0.2) is 29.2 Å². The predicted octanol–water partition coefficient (Wildman–Crippen LogP) is 2.16. The zero-order valence-corrected chi connectivity index (χ0v) is 10.7. The van der Waals surface area contributed by atoms with Gasteiger partial charge in [-0.2, -0.15) is 5.26 Å². The van der Waals surface area contributed by atoms with Gasteiger partial charge in [-0.15, -0.1) is 0 Å². The highest BCUT2D eigenvalue weighted by Gasteiger charge is 2.25. The fraction of sp³-hybridized carbons (Fsp3) is 0.417. The molecule has 0 radical (unpaired) electrons. The van der Waals surface area contributed by atoms with Gasteiger partial charge < -0.3 is 4.74 Å². The maximum Gasteiger partial charge on any atom is 0.182 e. The van der Waals surface area contributed by atoms with E-state index in [9.17, 15) is 8.42 Å². The molecular weight excluding hydrogens is 238 g/mol. The average molecular weight is 253 g/mol. The van der Waals surface area contributed by atoms with Crippen LogP contribution in [0.4, 0.5) is 0 Å². The molecule has 1 aromatic carbocycles. The highest BCUT2D eigenvalue weighted by atomic mass is 32.2. The lowest BCUT2D eigenvalue weighted by Crippen LogP contribution is -2.20. The number of rotatable bonds is 5. The van der Waals surface area contributed by atoms with E-state index in [1.807, 2.05) is 6.07 Å². The minimum absolute atomic E-state index is 0.00996. The molecular formula is C12H15NO3S. The Balaban J connectivity index is 3.16. The van der Waals surface area contributed by atoms with Gasteiger partial charge in [0, 0.05) is 0 Å². The second-order valence-electron chi connectivity index (χ2n) is 3.62. The molecule has 4 nitrogen and oxygen atoms in total. The van der Waals surface area contributed by atoms with Crippen molar-refractivity contribution in [2.45, 2.75) is 29.9 Å². The Hall–Kier alpha value is -1.54. The van der Waals surface area contributed by atoms with Crippen LogP contribution in [0.5, 0.6) is 5.75 Å². The Morgan fingerprint density at radius 1 is 1.47 bits per heavy atom. The molecule has 1 rings (SSSR count). The summed E-state index contributed by atoms with van der Waals surface area (Å²) in [5.74, 6) is 0.498. The Morgan fingerprint density at radius 2 is 2.18 bits per heavy atom. The molecule has 0 aliphatic rings. The van der Waals surface area contributed by atoms with E-state index in [2.05, 4.69) is 0 Å². The molecule has 0 saturated heterocycles. The van der Waals surface area contributed by atoms with E-state index in [0.717, 1.165) is 0 Å². The van der Waals surface area contributed by atoms with Gasteiger partial charge in [0.2, 0.25) is 0 Å². The van der Waals surface area contributed by atoms with Crippen molar-refractivity contribution in [3.63, 3.8) is 0 Å². The summed E-state index contributed by atoms with van der Waals surface area (Å²) >= 11 is 0. The summed E-state index contributed by atoms with van der Waals surface area (Å²) in [6.45, 7) is 1.76. The van der Waals surface area contributed by atoms with Crippen LogP contribution < -0.4 is 4.74 Å². The number of nitriles is 1. The van der Waals surface area contributed by atoms with Crippen LogP contribution >= 0.6 is 0 Å². The van der Waals surface area contributed by atoms with Crippen LogP contribution in [0.2, 0.25) is 0 Å². The highest BCUT2D eigenvalue weighted by Crippen LogP contribution is 2.23. The van der Waals surface area contributed by atoms with Crippen molar-refractivity contribution in [3.05, 3.63) is 24.3 Å². The average Bonchev–Trinajstić information content (AvgIpc) is 2.35. The van der Waals surface area contributed by atoms with Gasteiger partial charge in [0.15, 0.2) is 9.84 Å². The first-order valence-electron chi connectivity index (χ1n) is 5.31. The van der Waals surface area contributed by atoms with Gasteiger partial charge in [0.05, 0.1) is 29.7 Å². The second kappa shape index (κ2) is 5.69. The summed E-state index contributed by atoms with van der Waals surface area (Å²) in [5, 5.41) is 7.99. The minimum atomic E-state index is -3.45. The first-order valence-corrected chi connectivity index (χ1v) is 6.85. The van der Waals surface area contributed by atoms with Gasteiger partial charge in [0.1, 0.15) is 5.75 Å². The maximum atomic E-state index is 12.2. The molecule has 0 aromatic heterocycles. The molecule has 92 valence electrons. The Morgan fingerprint density at radius 3 is 2.71 bits per heavy atom. The van der Waals surface area contributed by atoms with Gasteiger partial charge in [0.25, 0.3) is 0 Å². The van der Waals surface area contributed by atoms with E-state index in [1.54, 1.807) is 19.1 Å². The normalized spacial score (nSPS) is 12.8. The standard InChI is InChI=1S/C12H15NO3S/c1-3-11(7-8-13)17(14,15)12-6-4-5-10(9-12)16-2/h4-6,9,11H,3,7H2,1-2H3.